The predicted octanol–water partition coefficient (Wildman–Crippen LogP) is -0.441. The van der Waals surface area contributed by atoms with Crippen LogP contribution in [-0.4, -0.2) is 62.4 Å². The van der Waals surface area contributed by atoms with Crippen LogP contribution in [0.15, 0.2) is 18.2 Å². The minimum Gasteiger partial charge on any atom is -0.506 e. The molecule has 1 heterocycles. The Kier molecular flexibility index (Phi) is 6.75. The fourth-order valence-corrected chi connectivity index (χ4v) is 2.45. The second-order valence-electron chi connectivity index (χ2n) is 5.38. The Bertz CT molecular complexity index is 415. The maximum Gasteiger partial charge on any atom is 0.138 e. The summed E-state index contributed by atoms with van der Waals surface area (Å²) < 4.78 is 0. The normalized spacial score (nSPS) is 19.6. The summed E-state index contributed by atoms with van der Waals surface area (Å²) in [6.07, 6.45) is 0. The minimum absolute atomic E-state index is 0.171. The smallest absolute Gasteiger partial charge is 0.138 e. The molecule has 0 saturated carbocycles. The van der Waals surface area contributed by atoms with Gasteiger partial charge in [-0.2, -0.15) is 0 Å². The molecule has 1 fully saturated rings. The first-order chi connectivity index (χ1) is 10.3. The summed E-state index contributed by atoms with van der Waals surface area (Å²) in [5.74, 6) is 0.171. The zero-order valence-corrected chi connectivity index (χ0v) is 12.6. The van der Waals surface area contributed by atoms with Crippen LogP contribution in [0.3, 0.4) is 0 Å². The fraction of sp³-hybridized carbons (Fsp3) is 0.600. The number of rotatable bonds is 2. The van der Waals surface area contributed by atoms with Crippen molar-refractivity contribution in [1.29, 1.82) is 0 Å². The number of nitrogens with one attached hydrogen (secondary N) is 3. The number of nitrogens with two attached hydrogens (primary N) is 1. The summed E-state index contributed by atoms with van der Waals surface area (Å²) in [4.78, 5) is 2.36. The van der Waals surface area contributed by atoms with Gasteiger partial charge in [-0.05, 0) is 11.6 Å². The van der Waals surface area contributed by atoms with Crippen LogP contribution in [0.25, 0.3) is 0 Å². The maximum absolute atomic E-state index is 9.71. The summed E-state index contributed by atoms with van der Waals surface area (Å²) in [6.45, 7) is 8.60. The quantitative estimate of drug-likeness (QED) is 0.375. The van der Waals surface area contributed by atoms with E-state index >= 15 is 0 Å². The lowest BCUT2D eigenvalue weighted by molar-refractivity contribution is 0.263. The van der Waals surface area contributed by atoms with E-state index in [0.29, 0.717) is 5.69 Å². The highest BCUT2D eigenvalue weighted by atomic mass is 16.3. The SMILES string of the molecule is Nc1c(O)cccc1CN1CCNCCNCCNCC1. The first kappa shape index (κ1) is 16.0. The summed E-state index contributed by atoms with van der Waals surface area (Å²) in [6, 6.07) is 5.46. The molecule has 21 heavy (non-hydrogen) atoms. The molecule has 1 aliphatic rings. The van der Waals surface area contributed by atoms with E-state index in [4.69, 9.17) is 5.73 Å². The van der Waals surface area contributed by atoms with Crippen LogP contribution in [0.1, 0.15) is 5.56 Å². The fourth-order valence-electron chi connectivity index (χ4n) is 2.45. The summed E-state index contributed by atoms with van der Waals surface area (Å²) >= 11 is 0. The van der Waals surface area contributed by atoms with Crippen molar-refractivity contribution in [2.75, 3.05) is 58.1 Å². The molecule has 0 bridgehead atoms. The first-order valence-electron chi connectivity index (χ1n) is 7.68. The van der Waals surface area contributed by atoms with Crippen molar-refractivity contribution >= 4 is 5.69 Å². The highest BCUT2D eigenvalue weighted by Gasteiger charge is 2.10. The zero-order chi connectivity index (χ0) is 14.9. The molecule has 0 atom stereocenters. The molecule has 0 spiro atoms. The van der Waals surface area contributed by atoms with Crippen LogP contribution in [0.2, 0.25) is 0 Å². The molecule has 6 N–H and O–H groups in total. The topological polar surface area (TPSA) is 85.6 Å². The van der Waals surface area contributed by atoms with Crippen LogP contribution >= 0.6 is 0 Å². The van der Waals surface area contributed by atoms with Gasteiger partial charge in [-0.1, -0.05) is 12.1 Å². The van der Waals surface area contributed by atoms with E-state index in [1.807, 2.05) is 12.1 Å². The molecule has 118 valence electrons. The average Bonchev–Trinajstić information content (AvgIpc) is 2.46. The second kappa shape index (κ2) is 8.84. The number of benzene rings is 1. The number of nitrogen functional groups attached to an aromatic ring is 1. The molecule has 2 rings (SSSR count). The van der Waals surface area contributed by atoms with Gasteiger partial charge in [0.15, 0.2) is 0 Å². The van der Waals surface area contributed by atoms with Gasteiger partial charge in [0.1, 0.15) is 5.75 Å². The average molecular weight is 293 g/mol. The number of hydrogen-bond acceptors (Lipinski definition) is 6. The van der Waals surface area contributed by atoms with Gasteiger partial charge in [0.05, 0.1) is 5.69 Å². The summed E-state index contributed by atoms with van der Waals surface area (Å²) in [5, 5.41) is 20.0. The Balaban J connectivity index is 1.92. The predicted molar refractivity (Wildman–Crippen MR) is 86.4 cm³/mol. The second-order valence-corrected chi connectivity index (χ2v) is 5.38. The molecular weight excluding hydrogens is 266 g/mol. The van der Waals surface area contributed by atoms with Crippen molar-refractivity contribution in [3.63, 3.8) is 0 Å². The molecule has 6 heteroatoms. The molecule has 1 aliphatic heterocycles. The van der Waals surface area contributed by atoms with E-state index in [9.17, 15) is 5.11 Å². The number of phenols is 1. The van der Waals surface area contributed by atoms with Crippen molar-refractivity contribution in [2.24, 2.45) is 0 Å². The van der Waals surface area contributed by atoms with Crippen molar-refractivity contribution < 1.29 is 5.11 Å². The lowest BCUT2D eigenvalue weighted by atomic mass is 10.1. The molecular formula is C15H27N5O. The molecule has 1 aromatic carbocycles. The monoisotopic (exact) mass is 293 g/mol. The van der Waals surface area contributed by atoms with Gasteiger partial charge in [0.2, 0.25) is 0 Å². The molecule has 1 saturated heterocycles. The summed E-state index contributed by atoms with van der Waals surface area (Å²) in [7, 11) is 0. The molecule has 0 radical (unpaired) electrons. The van der Waals surface area contributed by atoms with Gasteiger partial charge < -0.3 is 26.8 Å². The summed E-state index contributed by atoms with van der Waals surface area (Å²) in [5.41, 5.74) is 7.44. The largest absolute Gasteiger partial charge is 0.506 e. The molecule has 0 aliphatic carbocycles. The van der Waals surface area contributed by atoms with Crippen LogP contribution in [-0.2, 0) is 6.54 Å². The van der Waals surface area contributed by atoms with E-state index in [0.717, 1.165) is 64.5 Å². The van der Waals surface area contributed by atoms with Gasteiger partial charge in [0, 0.05) is 58.9 Å². The number of phenolic OH excluding ortho intramolecular Hbond substituents is 1. The Hall–Kier alpha value is -1.34. The number of anilines is 1. The van der Waals surface area contributed by atoms with Crippen molar-refractivity contribution in [2.45, 2.75) is 6.54 Å². The Morgan fingerprint density at radius 3 is 2.14 bits per heavy atom. The third-order valence-electron chi connectivity index (χ3n) is 3.73. The third-order valence-corrected chi connectivity index (χ3v) is 3.73. The van der Waals surface area contributed by atoms with Crippen LogP contribution in [0.5, 0.6) is 5.75 Å². The van der Waals surface area contributed by atoms with Gasteiger partial charge in [0.25, 0.3) is 0 Å². The van der Waals surface area contributed by atoms with Crippen LogP contribution in [0, 0.1) is 0 Å². The van der Waals surface area contributed by atoms with E-state index < -0.39 is 0 Å². The Morgan fingerprint density at radius 1 is 0.952 bits per heavy atom. The third kappa shape index (κ3) is 5.51. The van der Waals surface area contributed by atoms with Crippen molar-refractivity contribution in [3.05, 3.63) is 23.8 Å². The number of aromatic hydroxyl groups is 1. The first-order valence-corrected chi connectivity index (χ1v) is 7.68. The van der Waals surface area contributed by atoms with E-state index in [-0.39, 0.29) is 5.75 Å². The van der Waals surface area contributed by atoms with E-state index in [2.05, 4.69) is 20.9 Å². The number of hydrogen-bond donors (Lipinski definition) is 5. The zero-order valence-electron chi connectivity index (χ0n) is 12.6. The maximum atomic E-state index is 9.71. The van der Waals surface area contributed by atoms with Crippen LogP contribution in [0.4, 0.5) is 5.69 Å². The van der Waals surface area contributed by atoms with Gasteiger partial charge in [-0.25, -0.2) is 0 Å². The molecule has 6 nitrogen and oxygen atoms in total. The molecule has 0 amide bonds. The standard InChI is InChI=1S/C15H27N5O/c16-15-13(2-1-3-14(15)21)12-20-10-8-18-6-4-17-5-7-19-9-11-20/h1-3,17-19,21H,4-12,16H2. The van der Waals surface area contributed by atoms with Crippen molar-refractivity contribution in [3.8, 4) is 5.75 Å². The Labute approximate surface area is 126 Å². The number of nitrogens with zero attached hydrogens (tertiary/aromatic N) is 1. The highest BCUT2D eigenvalue weighted by Crippen LogP contribution is 2.24. The van der Waals surface area contributed by atoms with E-state index in [1.165, 1.54) is 0 Å². The van der Waals surface area contributed by atoms with Gasteiger partial charge in [-0.15, -0.1) is 0 Å². The molecule has 0 aromatic heterocycles. The molecule has 0 unspecified atom stereocenters. The Morgan fingerprint density at radius 2 is 1.52 bits per heavy atom. The van der Waals surface area contributed by atoms with E-state index in [1.54, 1.807) is 6.07 Å². The van der Waals surface area contributed by atoms with Gasteiger partial charge >= 0.3 is 0 Å². The van der Waals surface area contributed by atoms with Crippen molar-refractivity contribution in [1.82, 2.24) is 20.9 Å². The molecule has 1 aromatic rings. The lowest BCUT2D eigenvalue weighted by Gasteiger charge is -2.24. The van der Waals surface area contributed by atoms with Crippen LogP contribution < -0.4 is 21.7 Å². The lowest BCUT2D eigenvalue weighted by Crippen LogP contribution is -2.41. The number of para-hydroxylation sites is 1. The minimum atomic E-state index is 0.171. The van der Waals surface area contributed by atoms with Gasteiger partial charge in [-0.3, -0.25) is 4.90 Å². The highest BCUT2D eigenvalue weighted by molar-refractivity contribution is 5.57.